The third-order valence-electron chi connectivity index (χ3n) is 7.35. The van der Waals surface area contributed by atoms with Crippen molar-refractivity contribution in [2.75, 3.05) is 20.3 Å². The molecule has 2 heterocycles. The van der Waals surface area contributed by atoms with Gasteiger partial charge in [-0.3, -0.25) is 4.79 Å². The molecule has 1 saturated carbocycles. The van der Waals surface area contributed by atoms with E-state index in [0.717, 1.165) is 30.0 Å². The third-order valence-corrected chi connectivity index (χ3v) is 9.15. The highest BCUT2D eigenvalue weighted by Gasteiger charge is 2.53. The Morgan fingerprint density at radius 3 is 3.00 bits per heavy atom. The molecular formula is C23H32N2O3S2. The summed E-state index contributed by atoms with van der Waals surface area (Å²) >= 11 is 3.51. The van der Waals surface area contributed by atoms with Crippen molar-refractivity contribution < 1.29 is 14.6 Å². The molecule has 0 spiro atoms. The van der Waals surface area contributed by atoms with Crippen LogP contribution in [0.2, 0.25) is 0 Å². The van der Waals surface area contributed by atoms with Gasteiger partial charge in [-0.15, -0.1) is 11.3 Å². The minimum atomic E-state index is -0.499. The molecule has 5 nitrogen and oxygen atoms in total. The number of carbonyl (C=O) groups excluding carboxylic acids is 1. The van der Waals surface area contributed by atoms with Gasteiger partial charge in [0.25, 0.3) is 0 Å². The summed E-state index contributed by atoms with van der Waals surface area (Å²) in [5.74, 6) is 0.0769. The molecule has 0 bridgehead atoms. The molecule has 0 saturated heterocycles. The van der Waals surface area contributed by atoms with Crippen LogP contribution in [0.3, 0.4) is 0 Å². The first-order valence-electron chi connectivity index (χ1n) is 10.8. The highest BCUT2D eigenvalue weighted by molar-refractivity contribution is 7.15. The molecule has 2 aromatic rings. The summed E-state index contributed by atoms with van der Waals surface area (Å²) in [6, 6.07) is 2.13. The number of carbonyl (C=O) groups is 1. The average Bonchev–Trinajstić information content (AvgIpc) is 3.37. The van der Waals surface area contributed by atoms with Gasteiger partial charge < -0.3 is 15.2 Å². The second-order valence-electron chi connectivity index (χ2n) is 9.25. The molecular weight excluding hydrogens is 416 g/mol. The van der Waals surface area contributed by atoms with Gasteiger partial charge in [-0.2, -0.15) is 11.3 Å². The first-order chi connectivity index (χ1) is 14.4. The van der Waals surface area contributed by atoms with Gasteiger partial charge in [0.05, 0.1) is 18.4 Å². The Hall–Kier alpha value is -1.28. The number of aliphatic hydroxyl groups is 1. The number of thiazole rings is 1. The van der Waals surface area contributed by atoms with E-state index in [0.29, 0.717) is 13.2 Å². The number of thiophene rings is 1. The van der Waals surface area contributed by atoms with Crippen molar-refractivity contribution in [1.82, 2.24) is 10.3 Å². The molecule has 2 aliphatic carbocycles. The van der Waals surface area contributed by atoms with E-state index in [1.807, 2.05) is 18.3 Å². The number of aliphatic hydroxyl groups excluding tert-OH is 1. The highest BCUT2D eigenvalue weighted by atomic mass is 32.1. The number of amides is 1. The van der Waals surface area contributed by atoms with Gasteiger partial charge in [-0.25, -0.2) is 4.98 Å². The fraction of sp³-hybridized carbons (Fsp3) is 0.652. The summed E-state index contributed by atoms with van der Waals surface area (Å²) in [6.45, 7) is 7.50. The Morgan fingerprint density at radius 1 is 1.50 bits per heavy atom. The quantitative estimate of drug-likeness (QED) is 0.646. The largest absolute Gasteiger partial charge is 0.392 e. The summed E-state index contributed by atoms with van der Waals surface area (Å²) in [5, 5.41) is 19.8. The summed E-state index contributed by atoms with van der Waals surface area (Å²) in [7, 11) is 1.63. The Kier molecular flexibility index (Phi) is 6.35. The lowest BCUT2D eigenvalue weighted by Crippen LogP contribution is -2.53. The van der Waals surface area contributed by atoms with Gasteiger partial charge in [0, 0.05) is 41.3 Å². The Bertz CT molecular complexity index is 881. The number of hydrogen-bond donors (Lipinski definition) is 2. The van der Waals surface area contributed by atoms with Gasteiger partial charge in [0.1, 0.15) is 5.01 Å². The van der Waals surface area contributed by atoms with Crippen molar-refractivity contribution in [3.05, 3.63) is 27.4 Å². The molecule has 1 fully saturated rings. The van der Waals surface area contributed by atoms with Crippen LogP contribution in [0.5, 0.6) is 0 Å². The first-order valence-corrected chi connectivity index (χ1v) is 12.6. The van der Waals surface area contributed by atoms with E-state index in [2.05, 4.69) is 36.0 Å². The lowest BCUT2D eigenvalue weighted by atomic mass is 9.53. The lowest BCUT2D eigenvalue weighted by Gasteiger charge is -2.53. The number of ether oxygens (including phenoxy) is 1. The smallest absolute Gasteiger partial charge is 0.223 e. The maximum Gasteiger partial charge on any atom is 0.223 e. The maximum absolute atomic E-state index is 12.6. The number of hydrogen-bond acceptors (Lipinski definition) is 6. The number of nitrogens with zero attached hydrogens (tertiary/aromatic N) is 1. The van der Waals surface area contributed by atoms with Crippen molar-refractivity contribution in [3.8, 4) is 10.6 Å². The topological polar surface area (TPSA) is 71.5 Å². The van der Waals surface area contributed by atoms with Crippen LogP contribution in [-0.4, -0.2) is 42.4 Å². The Morgan fingerprint density at radius 2 is 2.30 bits per heavy atom. The average molecular weight is 449 g/mol. The minimum Gasteiger partial charge on any atom is -0.392 e. The molecule has 1 amide bonds. The van der Waals surface area contributed by atoms with Crippen LogP contribution >= 0.6 is 22.7 Å². The minimum absolute atomic E-state index is 0.0113. The van der Waals surface area contributed by atoms with E-state index in [1.165, 1.54) is 10.4 Å². The number of nitrogens with one attached hydrogen (secondary N) is 1. The second-order valence-corrected chi connectivity index (χ2v) is 11.1. The zero-order chi connectivity index (χ0) is 21.5. The van der Waals surface area contributed by atoms with Crippen LogP contribution in [0.15, 0.2) is 16.8 Å². The van der Waals surface area contributed by atoms with Gasteiger partial charge in [0.15, 0.2) is 0 Å². The molecule has 2 N–H and O–H groups in total. The molecule has 2 aliphatic rings. The summed E-state index contributed by atoms with van der Waals surface area (Å²) in [6.07, 6.45) is 2.38. The van der Waals surface area contributed by atoms with Crippen molar-refractivity contribution in [2.45, 2.75) is 52.1 Å². The van der Waals surface area contributed by atoms with Crippen LogP contribution in [-0.2, 0) is 16.0 Å². The molecule has 4 rings (SSSR count). The summed E-state index contributed by atoms with van der Waals surface area (Å²) < 4.78 is 5.03. The van der Waals surface area contributed by atoms with E-state index in [1.54, 1.807) is 18.4 Å². The van der Waals surface area contributed by atoms with Crippen LogP contribution in [0.4, 0.5) is 0 Å². The molecule has 2 aromatic heterocycles. The van der Waals surface area contributed by atoms with Gasteiger partial charge in [-0.05, 0) is 48.0 Å². The Labute approximate surface area is 186 Å². The molecule has 164 valence electrons. The number of methoxy groups -OCH3 is 1. The van der Waals surface area contributed by atoms with Crippen molar-refractivity contribution in [1.29, 1.82) is 0 Å². The van der Waals surface area contributed by atoms with Crippen molar-refractivity contribution in [2.24, 2.45) is 23.2 Å². The lowest BCUT2D eigenvalue weighted by molar-refractivity contribution is -0.135. The maximum atomic E-state index is 12.6. The van der Waals surface area contributed by atoms with E-state index < -0.39 is 6.10 Å². The van der Waals surface area contributed by atoms with E-state index in [4.69, 9.17) is 9.72 Å². The van der Waals surface area contributed by atoms with Gasteiger partial charge in [0.2, 0.25) is 5.91 Å². The van der Waals surface area contributed by atoms with Crippen molar-refractivity contribution >= 4 is 28.6 Å². The third kappa shape index (κ3) is 3.85. The number of fused-ring (bicyclic) bond motifs is 2. The normalized spacial score (nSPS) is 31.6. The monoisotopic (exact) mass is 448 g/mol. The van der Waals surface area contributed by atoms with Crippen LogP contribution in [0.25, 0.3) is 10.6 Å². The predicted molar refractivity (Wildman–Crippen MR) is 122 cm³/mol. The molecule has 7 heteroatoms. The molecule has 30 heavy (non-hydrogen) atoms. The van der Waals surface area contributed by atoms with Crippen LogP contribution < -0.4 is 5.32 Å². The highest BCUT2D eigenvalue weighted by Crippen LogP contribution is 2.57. The van der Waals surface area contributed by atoms with Crippen LogP contribution in [0.1, 0.15) is 50.1 Å². The first kappa shape index (κ1) is 21.9. The van der Waals surface area contributed by atoms with Crippen LogP contribution in [0, 0.1) is 23.2 Å². The summed E-state index contributed by atoms with van der Waals surface area (Å²) in [4.78, 5) is 19.0. The molecule has 1 unspecified atom stereocenters. The predicted octanol–water partition coefficient (Wildman–Crippen LogP) is 4.32. The molecule has 6 atom stereocenters. The molecule has 0 radical (unpaired) electrons. The molecule has 0 aromatic carbocycles. The number of rotatable bonds is 6. The molecule has 0 aliphatic heterocycles. The fourth-order valence-electron chi connectivity index (χ4n) is 5.69. The second kappa shape index (κ2) is 8.69. The van der Waals surface area contributed by atoms with E-state index in [9.17, 15) is 9.90 Å². The van der Waals surface area contributed by atoms with E-state index >= 15 is 0 Å². The summed E-state index contributed by atoms with van der Waals surface area (Å²) in [5.41, 5.74) is 2.40. The Balaban J connectivity index is 1.56. The SMILES string of the molecule is COCCNC(=O)[C@@H](C)C1CC[C@@]2(C)Cc3sc(-c4ccsc4)nc3[C@@H](C)[C@@H]2[C@H]1O. The zero-order valence-corrected chi connectivity index (χ0v) is 19.8. The fourth-order valence-corrected chi connectivity index (χ4v) is 7.76. The number of aromatic nitrogens is 1. The van der Waals surface area contributed by atoms with E-state index in [-0.39, 0.29) is 35.0 Å². The standard InChI is InChI=1S/C23H32N2O3S2/c1-13(21(27)24-8-9-28-4)16-5-7-23(3)11-17-19(14(2)18(23)20(16)26)25-22(30-17)15-6-10-29-12-15/h6,10,12-14,16,18,20,26H,5,7-9,11H2,1-4H3,(H,24,27)/t13-,14-,16?,18+,20-,23-/m0/s1. The van der Waals surface area contributed by atoms with Gasteiger partial charge >= 0.3 is 0 Å². The zero-order valence-electron chi connectivity index (χ0n) is 18.2. The van der Waals surface area contributed by atoms with Gasteiger partial charge in [-0.1, -0.05) is 20.8 Å². The van der Waals surface area contributed by atoms with Crippen molar-refractivity contribution in [3.63, 3.8) is 0 Å².